The molecule has 0 aromatic rings. The zero-order valence-corrected chi connectivity index (χ0v) is 21.9. The third-order valence-electron chi connectivity index (χ3n) is 6.31. The average molecular weight is 428 g/mol. The lowest BCUT2D eigenvalue weighted by molar-refractivity contribution is -0.921. The summed E-state index contributed by atoms with van der Waals surface area (Å²) in [5, 5.41) is 3.62. The minimum atomic E-state index is 0.198. The molecule has 0 aliphatic heterocycles. The number of quaternary nitrogens is 1. The monoisotopic (exact) mass is 427 g/mol. The van der Waals surface area contributed by atoms with E-state index in [2.05, 4.69) is 47.2 Å². The molecule has 0 radical (unpaired) electrons. The first-order valence-electron chi connectivity index (χ1n) is 13.7. The van der Waals surface area contributed by atoms with E-state index in [1.54, 1.807) is 0 Å². The second-order valence-corrected chi connectivity index (χ2v) is 10.3. The molecule has 0 saturated heterocycles. The number of rotatable bonds is 23. The quantitative estimate of drug-likeness (QED) is 0.101. The van der Waals surface area contributed by atoms with Gasteiger partial charge >= 0.3 is 0 Å². The van der Waals surface area contributed by atoms with E-state index in [9.17, 15) is 0 Å². The summed E-state index contributed by atoms with van der Waals surface area (Å²) in [6, 6.07) is 0. The smallest absolute Gasteiger partial charge is 0.194 e. The van der Waals surface area contributed by atoms with Crippen molar-refractivity contribution >= 4 is 0 Å². The standard InChI is InChI=1S/C27H59N2O/c1-7-10-11-12-13-14-15-16-17-18-19-20-21-22-23-24-25-28-26(8-2)30-27(9-3)29(4,5)6/h26-28H,7-25H2,1-6H3/q+1. The van der Waals surface area contributed by atoms with E-state index in [-0.39, 0.29) is 12.5 Å². The molecule has 0 bridgehead atoms. The second kappa shape index (κ2) is 20.8. The summed E-state index contributed by atoms with van der Waals surface area (Å²) >= 11 is 0. The fourth-order valence-electron chi connectivity index (χ4n) is 4.24. The topological polar surface area (TPSA) is 21.3 Å². The molecule has 1 N–H and O–H groups in total. The van der Waals surface area contributed by atoms with Crippen molar-refractivity contribution < 1.29 is 9.22 Å². The first-order valence-corrected chi connectivity index (χ1v) is 13.7. The summed E-state index contributed by atoms with van der Waals surface area (Å²) in [6.45, 7) is 7.82. The molecule has 0 aliphatic carbocycles. The third kappa shape index (κ3) is 18.6. The van der Waals surface area contributed by atoms with Crippen LogP contribution in [0.4, 0.5) is 0 Å². The third-order valence-corrected chi connectivity index (χ3v) is 6.31. The molecule has 0 aromatic heterocycles. The summed E-state index contributed by atoms with van der Waals surface area (Å²) in [5.74, 6) is 0. The Labute approximate surface area is 191 Å². The van der Waals surface area contributed by atoms with Crippen molar-refractivity contribution in [3.63, 3.8) is 0 Å². The fourth-order valence-corrected chi connectivity index (χ4v) is 4.24. The van der Waals surface area contributed by atoms with Crippen molar-refractivity contribution in [2.75, 3.05) is 27.7 Å². The van der Waals surface area contributed by atoms with Gasteiger partial charge in [0.25, 0.3) is 0 Å². The predicted octanol–water partition coefficient (Wildman–Crippen LogP) is 8.03. The van der Waals surface area contributed by atoms with Gasteiger partial charge in [-0.3, -0.25) is 5.32 Å². The normalized spacial score (nSPS) is 14.2. The Morgan fingerprint density at radius 3 is 1.30 bits per heavy atom. The lowest BCUT2D eigenvalue weighted by Crippen LogP contribution is -2.50. The van der Waals surface area contributed by atoms with Gasteiger partial charge in [-0.05, 0) is 19.4 Å². The van der Waals surface area contributed by atoms with Crippen molar-refractivity contribution in [2.45, 2.75) is 149 Å². The largest absolute Gasteiger partial charge is 0.311 e. The molecule has 0 fully saturated rings. The van der Waals surface area contributed by atoms with E-state index >= 15 is 0 Å². The molecule has 182 valence electrons. The van der Waals surface area contributed by atoms with Crippen LogP contribution in [0.3, 0.4) is 0 Å². The van der Waals surface area contributed by atoms with Gasteiger partial charge in [0.2, 0.25) is 0 Å². The molecule has 0 heterocycles. The SMILES string of the molecule is CCCCCCCCCCCCCCCCCCNC(CC)OC(CC)[N+](C)(C)C. The van der Waals surface area contributed by atoms with E-state index in [0.717, 1.165) is 23.9 Å². The van der Waals surface area contributed by atoms with Gasteiger partial charge in [0.15, 0.2) is 6.23 Å². The number of ether oxygens (including phenoxy) is 1. The Morgan fingerprint density at radius 2 is 0.967 bits per heavy atom. The van der Waals surface area contributed by atoms with E-state index in [1.807, 2.05) is 0 Å². The Hall–Kier alpha value is -0.120. The maximum absolute atomic E-state index is 6.30. The molecule has 30 heavy (non-hydrogen) atoms. The van der Waals surface area contributed by atoms with E-state index in [1.165, 1.54) is 103 Å². The number of hydrogen-bond donors (Lipinski definition) is 1. The highest BCUT2D eigenvalue weighted by molar-refractivity contribution is 4.57. The Kier molecular flexibility index (Phi) is 20.7. The summed E-state index contributed by atoms with van der Waals surface area (Å²) in [4.78, 5) is 0. The molecule has 0 saturated carbocycles. The molecule has 2 atom stereocenters. The number of nitrogens with zero attached hydrogens (tertiary/aromatic N) is 1. The maximum atomic E-state index is 6.30. The van der Waals surface area contributed by atoms with Crippen LogP contribution in [-0.4, -0.2) is 44.6 Å². The van der Waals surface area contributed by atoms with Crippen LogP contribution >= 0.6 is 0 Å². The number of unbranched alkanes of at least 4 members (excludes halogenated alkanes) is 15. The highest BCUT2D eigenvalue weighted by Crippen LogP contribution is 2.14. The van der Waals surface area contributed by atoms with Gasteiger partial charge < -0.3 is 9.22 Å². The minimum absolute atomic E-state index is 0.198. The van der Waals surface area contributed by atoms with Gasteiger partial charge in [-0.25, -0.2) is 0 Å². The van der Waals surface area contributed by atoms with Crippen molar-refractivity contribution in [1.29, 1.82) is 0 Å². The van der Waals surface area contributed by atoms with E-state index < -0.39 is 0 Å². The minimum Gasteiger partial charge on any atom is -0.311 e. The summed E-state index contributed by atoms with van der Waals surface area (Å²) in [5.41, 5.74) is 0. The summed E-state index contributed by atoms with van der Waals surface area (Å²) < 4.78 is 7.17. The molecule has 0 aromatic carbocycles. The lowest BCUT2D eigenvalue weighted by Gasteiger charge is -2.35. The highest BCUT2D eigenvalue weighted by Gasteiger charge is 2.25. The van der Waals surface area contributed by atoms with Crippen LogP contribution in [-0.2, 0) is 4.74 Å². The van der Waals surface area contributed by atoms with Gasteiger partial charge in [-0.15, -0.1) is 0 Å². The van der Waals surface area contributed by atoms with Crippen LogP contribution in [0.15, 0.2) is 0 Å². The molecule has 0 spiro atoms. The lowest BCUT2D eigenvalue weighted by atomic mass is 10.0. The van der Waals surface area contributed by atoms with Crippen LogP contribution < -0.4 is 5.32 Å². The zero-order valence-electron chi connectivity index (χ0n) is 21.9. The maximum Gasteiger partial charge on any atom is 0.194 e. The predicted molar refractivity (Wildman–Crippen MR) is 135 cm³/mol. The van der Waals surface area contributed by atoms with Crippen molar-refractivity contribution in [3.05, 3.63) is 0 Å². The summed E-state index contributed by atoms with van der Waals surface area (Å²) in [7, 11) is 6.66. The molecule has 0 amide bonds. The van der Waals surface area contributed by atoms with Gasteiger partial charge in [-0.1, -0.05) is 117 Å². The van der Waals surface area contributed by atoms with Gasteiger partial charge in [0.1, 0.15) is 6.23 Å². The second-order valence-electron chi connectivity index (χ2n) is 10.3. The van der Waals surface area contributed by atoms with Gasteiger partial charge in [0.05, 0.1) is 21.1 Å². The van der Waals surface area contributed by atoms with E-state index in [0.29, 0.717) is 0 Å². The first kappa shape index (κ1) is 29.9. The number of nitrogens with one attached hydrogen (secondary N) is 1. The molecule has 2 unspecified atom stereocenters. The number of hydrogen-bond acceptors (Lipinski definition) is 2. The highest BCUT2D eigenvalue weighted by atomic mass is 16.5. The Balaban J connectivity index is 3.41. The van der Waals surface area contributed by atoms with Crippen LogP contribution in [0.2, 0.25) is 0 Å². The average Bonchev–Trinajstić information content (AvgIpc) is 2.71. The molecule has 3 heteroatoms. The van der Waals surface area contributed by atoms with Gasteiger partial charge in [-0.2, -0.15) is 0 Å². The fraction of sp³-hybridized carbons (Fsp3) is 1.00. The Morgan fingerprint density at radius 1 is 0.567 bits per heavy atom. The zero-order chi connectivity index (χ0) is 22.5. The molecule has 3 nitrogen and oxygen atoms in total. The van der Waals surface area contributed by atoms with Crippen LogP contribution in [0.5, 0.6) is 0 Å². The van der Waals surface area contributed by atoms with Crippen molar-refractivity contribution in [2.24, 2.45) is 0 Å². The van der Waals surface area contributed by atoms with Crippen molar-refractivity contribution in [1.82, 2.24) is 5.32 Å². The van der Waals surface area contributed by atoms with E-state index in [4.69, 9.17) is 4.74 Å². The molecular weight excluding hydrogens is 368 g/mol. The van der Waals surface area contributed by atoms with Gasteiger partial charge in [0, 0.05) is 6.42 Å². The van der Waals surface area contributed by atoms with Crippen LogP contribution in [0, 0.1) is 0 Å². The molecule has 0 rings (SSSR count). The summed E-state index contributed by atoms with van der Waals surface area (Å²) in [6.07, 6.45) is 25.4. The Bertz CT molecular complexity index is 340. The van der Waals surface area contributed by atoms with Crippen LogP contribution in [0.1, 0.15) is 136 Å². The first-order chi connectivity index (χ1) is 14.5. The van der Waals surface area contributed by atoms with Crippen LogP contribution in [0.25, 0.3) is 0 Å². The molecule has 0 aliphatic rings. The van der Waals surface area contributed by atoms with Crippen molar-refractivity contribution in [3.8, 4) is 0 Å². The molecular formula is C27H59N2O+.